The van der Waals surface area contributed by atoms with Gasteiger partial charge >= 0.3 is 11.9 Å². The van der Waals surface area contributed by atoms with E-state index in [1.165, 1.54) is 44.4 Å². The van der Waals surface area contributed by atoms with Gasteiger partial charge in [0.1, 0.15) is 24.3 Å². The molecule has 9 nitrogen and oxygen atoms in total. The summed E-state index contributed by atoms with van der Waals surface area (Å²) in [4.78, 5) is 40.2. The number of esters is 2. The molecule has 2 rings (SSSR count). The normalized spacial score (nSPS) is 12.6. The summed E-state index contributed by atoms with van der Waals surface area (Å²) in [6.45, 7) is 6.73. The Morgan fingerprint density at radius 2 is 1.54 bits per heavy atom. The molecular weight excluding hydrogens is 514 g/mol. The van der Waals surface area contributed by atoms with E-state index in [1.54, 1.807) is 38.1 Å². The summed E-state index contributed by atoms with van der Waals surface area (Å²) in [7, 11) is 1.33. The van der Waals surface area contributed by atoms with Crippen LogP contribution < -0.4 is 5.32 Å². The summed E-state index contributed by atoms with van der Waals surface area (Å²) >= 11 is 0. The second-order valence-electron chi connectivity index (χ2n) is 8.05. The summed E-state index contributed by atoms with van der Waals surface area (Å²) in [5, 5.41) is 2.38. The molecule has 1 atom stereocenters. The van der Waals surface area contributed by atoms with E-state index < -0.39 is 54.8 Å². The van der Waals surface area contributed by atoms with E-state index in [-0.39, 0.29) is 17.2 Å². The van der Waals surface area contributed by atoms with Gasteiger partial charge in [0.25, 0.3) is 5.91 Å². The SMILES string of the molecule is C=N/C(C(=O)NCC(=O)O[C@@H](C)C(c1ccc(F)cc1)c1ccc(F)cc1)=C(OCOC(C)=O)\C(=C/C)OC. The monoisotopic (exact) mass is 544 g/mol. The molecule has 2 aromatic carbocycles. The van der Waals surface area contributed by atoms with Crippen molar-refractivity contribution in [3.05, 3.63) is 94.6 Å². The molecule has 11 heteroatoms. The minimum atomic E-state index is -0.836. The van der Waals surface area contributed by atoms with E-state index in [9.17, 15) is 23.2 Å². The minimum absolute atomic E-state index is 0.109. The fourth-order valence-corrected chi connectivity index (χ4v) is 3.64. The zero-order valence-corrected chi connectivity index (χ0v) is 22.0. The van der Waals surface area contributed by atoms with Crippen molar-refractivity contribution in [2.24, 2.45) is 4.99 Å². The molecule has 0 spiro atoms. The highest BCUT2D eigenvalue weighted by molar-refractivity contribution is 5.96. The number of rotatable bonds is 13. The van der Waals surface area contributed by atoms with Crippen molar-refractivity contribution >= 4 is 24.6 Å². The molecule has 0 saturated heterocycles. The first kappa shape index (κ1) is 30.7. The molecular formula is C28H30F2N2O7. The predicted molar refractivity (Wildman–Crippen MR) is 138 cm³/mol. The van der Waals surface area contributed by atoms with Crippen LogP contribution >= 0.6 is 0 Å². The first-order valence-corrected chi connectivity index (χ1v) is 11.8. The number of amides is 1. The summed E-state index contributed by atoms with van der Waals surface area (Å²) < 4.78 is 47.9. The average Bonchev–Trinajstić information content (AvgIpc) is 2.90. The Balaban J connectivity index is 2.18. The van der Waals surface area contributed by atoms with Crippen LogP contribution in [0.1, 0.15) is 37.8 Å². The van der Waals surface area contributed by atoms with E-state index in [0.717, 1.165) is 0 Å². The Hall–Kier alpha value is -4.54. The van der Waals surface area contributed by atoms with Crippen LogP contribution in [0, 0.1) is 11.6 Å². The zero-order valence-electron chi connectivity index (χ0n) is 22.0. The van der Waals surface area contributed by atoms with Crippen molar-refractivity contribution in [1.82, 2.24) is 5.32 Å². The highest BCUT2D eigenvalue weighted by atomic mass is 19.1. The van der Waals surface area contributed by atoms with Gasteiger partial charge in [-0.05, 0) is 62.0 Å². The van der Waals surface area contributed by atoms with Crippen LogP contribution in [0.5, 0.6) is 0 Å². The third-order valence-electron chi connectivity index (χ3n) is 5.40. The van der Waals surface area contributed by atoms with Crippen LogP contribution in [-0.4, -0.2) is 51.1 Å². The number of methoxy groups -OCH3 is 1. The van der Waals surface area contributed by atoms with Gasteiger partial charge in [-0.25, -0.2) is 8.78 Å². The van der Waals surface area contributed by atoms with Crippen molar-refractivity contribution < 1.29 is 42.1 Å². The molecule has 0 radical (unpaired) electrons. The predicted octanol–water partition coefficient (Wildman–Crippen LogP) is 4.14. The lowest BCUT2D eigenvalue weighted by atomic mass is 9.87. The smallest absolute Gasteiger partial charge is 0.325 e. The summed E-state index contributed by atoms with van der Waals surface area (Å²) in [5.41, 5.74) is 0.955. The van der Waals surface area contributed by atoms with Crippen LogP contribution in [0.4, 0.5) is 8.78 Å². The quantitative estimate of drug-likeness (QED) is 0.101. The van der Waals surface area contributed by atoms with Gasteiger partial charge in [0.2, 0.25) is 6.79 Å². The number of carbonyl (C=O) groups is 3. The van der Waals surface area contributed by atoms with Crippen LogP contribution in [0.3, 0.4) is 0 Å². The second-order valence-corrected chi connectivity index (χ2v) is 8.05. The lowest BCUT2D eigenvalue weighted by Gasteiger charge is -2.25. The Morgan fingerprint density at radius 3 is 1.97 bits per heavy atom. The molecule has 0 aromatic heterocycles. The Morgan fingerprint density at radius 1 is 1.00 bits per heavy atom. The summed E-state index contributed by atoms with van der Waals surface area (Å²) in [6, 6.07) is 11.3. The van der Waals surface area contributed by atoms with Gasteiger partial charge in [0, 0.05) is 12.8 Å². The fourth-order valence-electron chi connectivity index (χ4n) is 3.64. The molecule has 0 aliphatic carbocycles. The highest BCUT2D eigenvalue weighted by Crippen LogP contribution is 2.30. The number of ether oxygens (including phenoxy) is 4. The first-order chi connectivity index (χ1) is 18.6. The zero-order chi connectivity index (χ0) is 28.9. The topological polar surface area (TPSA) is 113 Å². The number of nitrogens with zero attached hydrogens (tertiary/aromatic N) is 1. The molecule has 1 N–H and O–H groups in total. The maximum Gasteiger partial charge on any atom is 0.325 e. The highest BCUT2D eigenvalue weighted by Gasteiger charge is 2.26. The van der Waals surface area contributed by atoms with E-state index >= 15 is 0 Å². The summed E-state index contributed by atoms with van der Waals surface area (Å²) in [6.07, 6.45) is 0.714. The Kier molecular flexibility index (Phi) is 11.8. The van der Waals surface area contributed by atoms with Gasteiger partial charge in [-0.15, -0.1) is 0 Å². The standard InChI is InChI=1S/C28H30F2N2O7/c1-6-23(36-5)27(38-16-37-18(3)33)26(31-4)28(35)32-15-24(34)39-17(2)25(19-7-11-21(29)12-8-19)20-9-13-22(30)14-10-20/h6-14,17,25H,4,15-16H2,1-3,5H3,(H,32,35)/b23-6+,27-26+/t17-/m0/s1. The van der Waals surface area contributed by atoms with Gasteiger partial charge in [0.15, 0.2) is 17.2 Å². The van der Waals surface area contributed by atoms with Crippen LogP contribution in [-0.2, 0) is 33.3 Å². The van der Waals surface area contributed by atoms with Crippen molar-refractivity contribution in [2.45, 2.75) is 32.8 Å². The number of nitrogens with one attached hydrogen (secondary N) is 1. The molecule has 1 amide bonds. The number of carbonyl (C=O) groups excluding carboxylic acids is 3. The van der Waals surface area contributed by atoms with Crippen molar-refractivity contribution in [2.75, 3.05) is 20.4 Å². The maximum atomic E-state index is 13.5. The van der Waals surface area contributed by atoms with E-state index in [0.29, 0.717) is 11.1 Å². The van der Waals surface area contributed by atoms with E-state index in [2.05, 4.69) is 17.0 Å². The van der Waals surface area contributed by atoms with Gasteiger partial charge in [-0.1, -0.05) is 24.3 Å². The number of hydrogen-bond donors (Lipinski definition) is 1. The Labute approximate surface area is 225 Å². The number of halogens is 2. The van der Waals surface area contributed by atoms with Gasteiger partial charge in [0.05, 0.1) is 7.11 Å². The van der Waals surface area contributed by atoms with Gasteiger partial charge in [-0.2, -0.15) is 0 Å². The van der Waals surface area contributed by atoms with Crippen LogP contribution in [0.15, 0.2) is 76.8 Å². The van der Waals surface area contributed by atoms with Gasteiger partial charge < -0.3 is 24.3 Å². The number of allylic oxidation sites excluding steroid dienone is 1. The van der Waals surface area contributed by atoms with Crippen LogP contribution in [0.2, 0.25) is 0 Å². The maximum absolute atomic E-state index is 13.5. The molecule has 0 fully saturated rings. The molecule has 39 heavy (non-hydrogen) atoms. The molecule has 0 aliphatic rings. The van der Waals surface area contributed by atoms with E-state index in [1.807, 2.05) is 0 Å². The number of benzene rings is 2. The average molecular weight is 545 g/mol. The molecule has 0 heterocycles. The van der Waals surface area contributed by atoms with E-state index in [4.69, 9.17) is 18.9 Å². The first-order valence-electron chi connectivity index (χ1n) is 11.8. The van der Waals surface area contributed by atoms with Crippen molar-refractivity contribution in [3.8, 4) is 0 Å². The lowest BCUT2D eigenvalue weighted by Crippen LogP contribution is -2.34. The molecule has 208 valence electrons. The number of hydrogen-bond acceptors (Lipinski definition) is 8. The van der Waals surface area contributed by atoms with Crippen LogP contribution in [0.25, 0.3) is 0 Å². The summed E-state index contributed by atoms with van der Waals surface area (Å²) in [5.74, 6) is -3.70. The van der Waals surface area contributed by atoms with Crippen molar-refractivity contribution in [1.29, 1.82) is 0 Å². The second kappa shape index (κ2) is 15.0. The lowest BCUT2D eigenvalue weighted by molar-refractivity contribution is -0.151. The minimum Gasteiger partial charge on any atom is -0.493 e. The molecule has 0 aliphatic heterocycles. The van der Waals surface area contributed by atoms with Crippen molar-refractivity contribution in [3.63, 3.8) is 0 Å². The largest absolute Gasteiger partial charge is 0.493 e. The Bertz CT molecular complexity index is 1180. The molecule has 0 unspecified atom stereocenters. The third kappa shape index (κ3) is 9.06. The number of aliphatic imine (C=N–C) groups is 1. The fraction of sp³-hybridized carbons (Fsp3) is 0.286. The molecule has 2 aromatic rings. The molecule has 0 saturated carbocycles. The van der Waals surface area contributed by atoms with Gasteiger partial charge in [-0.3, -0.25) is 19.4 Å². The molecule has 0 bridgehead atoms. The third-order valence-corrected chi connectivity index (χ3v) is 5.40.